The van der Waals surface area contributed by atoms with Crippen LogP contribution < -0.4 is 14.8 Å². The summed E-state index contributed by atoms with van der Waals surface area (Å²) in [5, 5.41) is 2.95. The quantitative estimate of drug-likeness (QED) is 0.760. The van der Waals surface area contributed by atoms with Crippen molar-refractivity contribution in [2.24, 2.45) is 0 Å². The fraction of sp³-hybridized carbons (Fsp3) is 0.350. The maximum atomic E-state index is 12.0. The lowest BCUT2D eigenvalue weighted by molar-refractivity contribution is -0.123. The maximum absolute atomic E-state index is 12.0. The molecule has 1 atom stereocenters. The molecule has 0 aliphatic rings. The molecule has 1 amide bonds. The molecule has 0 heterocycles. The van der Waals surface area contributed by atoms with Gasteiger partial charge in [0, 0.05) is 12.6 Å². The summed E-state index contributed by atoms with van der Waals surface area (Å²) in [5.41, 5.74) is 1.25. The van der Waals surface area contributed by atoms with Gasteiger partial charge in [0.2, 0.25) is 0 Å². The van der Waals surface area contributed by atoms with Crippen molar-refractivity contribution in [3.63, 3.8) is 0 Å². The van der Waals surface area contributed by atoms with Gasteiger partial charge in [-0.3, -0.25) is 4.79 Å². The Balaban J connectivity index is 1.78. The van der Waals surface area contributed by atoms with Gasteiger partial charge in [0.1, 0.15) is 11.5 Å². The zero-order chi connectivity index (χ0) is 18.1. The first kappa shape index (κ1) is 18.8. The van der Waals surface area contributed by atoms with Crippen molar-refractivity contribution < 1.29 is 14.3 Å². The molecule has 5 heteroatoms. The minimum atomic E-state index is -0.129. The van der Waals surface area contributed by atoms with Crippen molar-refractivity contribution in [1.29, 1.82) is 0 Å². The van der Waals surface area contributed by atoms with Gasteiger partial charge < -0.3 is 19.7 Å². The summed E-state index contributed by atoms with van der Waals surface area (Å²) in [6.45, 7) is 0.574. The Hall–Kier alpha value is -2.53. The van der Waals surface area contributed by atoms with Gasteiger partial charge >= 0.3 is 0 Å². The van der Waals surface area contributed by atoms with Crippen LogP contribution in [0.3, 0.4) is 0 Å². The van der Waals surface area contributed by atoms with E-state index in [9.17, 15) is 4.79 Å². The Bertz CT molecular complexity index is 642. The van der Waals surface area contributed by atoms with E-state index in [2.05, 4.69) is 22.3 Å². The number of rotatable bonds is 9. The van der Waals surface area contributed by atoms with Crippen LogP contribution in [0.15, 0.2) is 54.6 Å². The number of hydrogen-bond acceptors (Lipinski definition) is 4. The van der Waals surface area contributed by atoms with Gasteiger partial charge in [0.25, 0.3) is 5.91 Å². The van der Waals surface area contributed by atoms with Gasteiger partial charge in [0.05, 0.1) is 7.11 Å². The molecule has 0 aliphatic heterocycles. The number of hydrogen-bond donors (Lipinski definition) is 1. The minimum Gasteiger partial charge on any atom is -0.497 e. The monoisotopic (exact) mass is 342 g/mol. The molecular weight excluding hydrogens is 316 g/mol. The lowest BCUT2D eigenvalue weighted by atomic mass is 10.1. The van der Waals surface area contributed by atoms with Gasteiger partial charge in [-0.25, -0.2) is 0 Å². The smallest absolute Gasteiger partial charge is 0.257 e. The highest BCUT2D eigenvalue weighted by Crippen LogP contribution is 2.16. The lowest BCUT2D eigenvalue weighted by Crippen LogP contribution is -2.42. The van der Waals surface area contributed by atoms with E-state index in [-0.39, 0.29) is 18.6 Å². The van der Waals surface area contributed by atoms with E-state index < -0.39 is 0 Å². The van der Waals surface area contributed by atoms with E-state index in [1.807, 2.05) is 32.3 Å². The Morgan fingerprint density at radius 2 is 1.68 bits per heavy atom. The molecule has 0 radical (unpaired) electrons. The number of methoxy groups -OCH3 is 1. The molecule has 0 aliphatic carbocycles. The van der Waals surface area contributed by atoms with Gasteiger partial charge in [-0.05, 0) is 50.3 Å². The van der Waals surface area contributed by atoms with E-state index >= 15 is 0 Å². The first-order valence-corrected chi connectivity index (χ1v) is 8.32. The van der Waals surface area contributed by atoms with Crippen LogP contribution in [0.1, 0.15) is 5.56 Å². The number of nitrogens with zero attached hydrogens (tertiary/aromatic N) is 1. The minimum absolute atomic E-state index is 0.00217. The summed E-state index contributed by atoms with van der Waals surface area (Å²) in [4.78, 5) is 14.2. The van der Waals surface area contributed by atoms with Crippen LogP contribution >= 0.6 is 0 Å². The number of carbonyl (C=O) groups excluding carboxylic acids is 1. The van der Waals surface area contributed by atoms with E-state index in [1.165, 1.54) is 5.56 Å². The third-order valence-corrected chi connectivity index (χ3v) is 4.01. The average Bonchev–Trinajstić information content (AvgIpc) is 2.64. The van der Waals surface area contributed by atoms with Crippen LogP contribution in [0.5, 0.6) is 11.5 Å². The average molecular weight is 342 g/mol. The predicted octanol–water partition coefficient (Wildman–Crippen LogP) is 2.36. The van der Waals surface area contributed by atoms with Crippen molar-refractivity contribution in [1.82, 2.24) is 10.2 Å². The van der Waals surface area contributed by atoms with Crippen molar-refractivity contribution in [3.8, 4) is 11.5 Å². The molecule has 0 fully saturated rings. The van der Waals surface area contributed by atoms with Gasteiger partial charge in [-0.1, -0.05) is 30.3 Å². The normalized spacial score (nSPS) is 11.8. The second kappa shape index (κ2) is 9.69. The Labute approximate surface area is 149 Å². The fourth-order valence-corrected chi connectivity index (χ4v) is 2.43. The van der Waals surface area contributed by atoms with E-state index in [1.54, 1.807) is 31.4 Å². The van der Waals surface area contributed by atoms with E-state index in [0.717, 1.165) is 12.2 Å². The Morgan fingerprint density at radius 1 is 1.04 bits per heavy atom. The molecule has 2 aromatic carbocycles. The van der Waals surface area contributed by atoms with Crippen LogP contribution in [-0.4, -0.2) is 51.2 Å². The molecule has 134 valence electrons. The zero-order valence-corrected chi connectivity index (χ0v) is 15.1. The topological polar surface area (TPSA) is 50.8 Å². The fourth-order valence-electron chi connectivity index (χ4n) is 2.43. The van der Waals surface area contributed by atoms with Gasteiger partial charge in [0.15, 0.2) is 6.61 Å². The summed E-state index contributed by atoms with van der Waals surface area (Å²) in [5.74, 6) is 1.27. The van der Waals surface area contributed by atoms with Crippen molar-refractivity contribution in [2.75, 3.05) is 34.4 Å². The molecule has 0 aromatic heterocycles. The zero-order valence-electron chi connectivity index (χ0n) is 15.1. The molecule has 0 spiro atoms. The molecular formula is C20H26N2O3. The molecule has 5 nitrogen and oxygen atoms in total. The number of benzene rings is 2. The third-order valence-electron chi connectivity index (χ3n) is 4.01. The number of amides is 1. The Kier molecular flexibility index (Phi) is 7.29. The first-order valence-electron chi connectivity index (χ1n) is 8.32. The van der Waals surface area contributed by atoms with Crippen LogP contribution in [0.2, 0.25) is 0 Å². The molecule has 1 N–H and O–H groups in total. The molecule has 0 unspecified atom stereocenters. The second-order valence-corrected chi connectivity index (χ2v) is 6.08. The number of carbonyl (C=O) groups is 1. The standard InChI is InChI=1S/C20H26N2O3/c1-22(2)17(13-16-7-5-4-6-8-16)14-21-20(23)15-25-19-11-9-18(24-3)10-12-19/h4-12,17H,13-15H2,1-3H3,(H,21,23)/t17-/m0/s1. The van der Waals surface area contributed by atoms with Crippen LogP contribution in [0.25, 0.3) is 0 Å². The summed E-state index contributed by atoms with van der Waals surface area (Å²) < 4.78 is 10.6. The molecule has 25 heavy (non-hydrogen) atoms. The molecule has 2 rings (SSSR count). The molecule has 0 bridgehead atoms. The maximum Gasteiger partial charge on any atom is 0.257 e. The van der Waals surface area contributed by atoms with Crippen LogP contribution in [-0.2, 0) is 11.2 Å². The van der Waals surface area contributed by atoms with E-state index in [0.29, 0.717) is 12.3 Å². The van der Waals surface area contributed by atoms with Crippen LogP contribution in [0, 0.1) is 0 Å². The predicted molar refractivity (Wildman–Crippen MR) is 99.1 cm³/mol. The summed E-state index contributed by atoms with van der Waals surface area (Å²) in [6, 6.07) is 17.7. The van der Waals surface area contributed by atoms with Crippen molar-refractivity contribution >= 4 is 5.91 Å². The van der Waals surface area contributed by atoms with E-state index in [4.69, 9.17) is 9.47 Å². The Morgan fingerprint density at radius 3 is 2.28 bits per heavy atom. The van der Waals surface area contributed by atoms with Crippen molar-refractivity contribution in [3.05, 3.63) is 60.2 Å². The van der Waals surface area contributed by atoms with Gasteiger partial charge in [-0.2, -0.15) is 0 Å². The second-order valence-electron chi connectivity index (χ2n) is 6.08. The van der Waals surface area contributed by atoms with Gasteiger partial charge in [-0.15, -0.1) is 0 Å². The number of likely N-dealkylation sites (N-methyl/N-ethyl adjacent to an activating group) is 1. The molecule has 0 saturated heterocycles. The largest absolute Gasteiger partial charge is 0.497 e. The highest BCUT2D eigenvalue weighted by atomic mass is 16.5. The summed E-state index contributed by atoms with van der Waals surface area (Å²) >= 11 is 0. The number of nitrogens with one attached hydrogen (secondary N) is 1. The summed E-state index contributed by atoms with van der Waals surface area (Å²) in [7, 11) is 5.65. The first-order chi connectivity index (χ1) is 12.1. The van der Waals surface area contributed by atoms with Crippen LogP contribution in [0.4, 0.5) is 0 Å². The third kappa shape index (κ3) is 6.47. The highest BCUT2D eigenvalue weighted by molar-refractivity contribution is 5.77. The van der Waals surface area contributed by atoms with Crippen molar-refractivity contribution in [2.45, 2.75) is 12.5 Å². The molecule has 0 saturated carbocycles. The molecule has 2 aromatic rings. The summed E-state index contributed by atoms with van der Waals surface area (Å²) in [6.07, 6.45) is 0.882. The highest BCUT2D eigenvalue weighted by Gasteiger charge is 2.14. The number of ether oxygens (including phenoxy) is 2. The lowest BCUT2D eigenvalue weighted by Gasteiger charge is -2.24. The SMILES string of the molecule is COc1ccc(OCC(=O)NC[C@H](Cc2ccccc2)N(C)C)cc1.